The molecule has 5 nitrogen and oxygen atoms in total. The van der Waals surface area contributed by atoms with E-state index in [0.29, 0.717) is 21.5 Å². The van der Waals surface area contributed by atoms with Crippen LogP contribution in [-0.2, 0) is 6.54 Å². The quantitative estimate of drug-likeness (QED) is 0.695. The Morgan fingerprint density at radius 1 is 1.36 bits per heavy atom. The summed E-state index contributed by atoms with van der Waals surface area (Å²) in [5, 5.41) is 1.81. The minimum atomic E-state index is -0.194. The lowest BCUT2D eigenvalue weighted by molar-refractivity contribution is 0.0967. The van der Waals surface area contributed by atoms with Crippen LogP contribution in [0.5, 0.6) is 5.75 Å². The van der Waals surface area contributed by atoms with Gasteiger partial charge in [0.2, 0.25) is 0 Å². The van der Waals surface area contributed by atoms with Crippen LogP contribution in [0.2, 0.25) is 0 Å². The molecule has 0 N–H and O–H groups in total. The van der Waals surface area contributed by atoms with Gasteiger partial charge in [-0.05, 0) is 30.5 Å². The summed E-state index contributed by atoms with van der Waals surface area (Å²) in [4.78, 5) is 29.0. The molecule has 0 amide bonds. The number of hydrogen-bond donors (Lipinski definition) is 0. The van der Waals surface area contributed by atoms with Gasteiger partial charge in [-0.25, -0.2) is 4.98 Å². The smallest absolute Gasteiger partial charge is 0.271 e. The van der Waals surface area contributed by atoms with Gasteiger partial charge in [-0.3, -0.25) is 14.2 Å². The third-order valence-corrected chi connectivity index (χ3v) is 4.30. The van der Waals surface area contributed by atoms with Crippen LogP contribution in [0.1, 0.15) is 15.9 Å². The highest BCUT2D eigenvalue weighted by Gasteiger charge is 2.15. The molecule has 0 aliphatic rings. The first-order valence-corrected chi connectivity index (χ1v) is 7.58. The number of fused-ring (bicyclic) bond motifs is 1. The maximum absolute atomic E-state index is 12.5. The molecule has 0 saturated carbocycles. The van der Waals surface area contributed by atoms with Crippen molar-refractivity contribution in [2.75, 3.05) is 7.11 Å². The molecule has 1 aromatic carbocycles. The predicted molar refractivity (Wildman–Crippen MR) is 85.9 cm³/mol. The van der Waals surface area contributed by atoms with Gasteiger partial charge in [0, 0.05) is 0 Å². The van der Waals surface area contributed by atoms with Crippen molar-refractivity contribution in [3.63, 3.8) is 0 Å². The Labute approximate surface area is 130 Å². The SMILES string of the molecule is COc1ccc(C)cc1C(=O)Cn1cnc2ccsc2c1=O. The molecule has 0 aliphatic carbocycles. The predicted octanol–water partition coefficient (Wildman–Crippen LogP) is 2.66. The third kappa shape index (κ3) is 2.53. The largest absolute Gasteiger partial charge is 0.496 e. The number of aromatic nitrogens is 2. The van der Waals surface area contributed by atoms with E-state index in [-0.39, 0.29) is 17.9 Å². The first-order chi connectivity index (χ1) is 10.6. The standard InChI is InChI=1S/C16H14N2O3S/c1-10-3-4-14(21-2)11(7-10)13(19)8-18-9-17-12-5-6-22-15(12)16(18)20/h3-7,9H,8H2,1-2H3. The maximum atomic E-state index is 12.5. The summed E-state index contributed by atoms with van der Waals surface area (Å²) in [5.74, 6) is 0.328. The number of nitrogens with zero attached hydrogens (tertiary/aromatic N) is 2. The van der Waals surface area contributed by atoms with Crippen LogP contribution in [0.4, 0.5) is 0 Å². The van der Waals surface area contributed by atoms with Gasteiger partial charge in [0.15, 0.2) is 5.78 Å². The van der Waals surface area contributed by atoms with Crippen LogP contribution in [0.3, 0.4) is 0 Å². The molecule has 0 bridgehead atoms. The number of benzene rings is 1. The highest BCUT2D eigenvalue weighted by Crippen LogP contribution is 2.21. The van der Waals surface area contributed by atoms with Crippen LogP contribution < -0.4 is 10.3 Å². The number of hydrogen-bond acceptors (Lipinski definition) is 5. The number of rotatable bonds is 4. The number of carbonyl (C=O) groups is 1. The summed E-state index contributed by atoms with van der Waals surface area (Å²) in [5.41, 5.74) is 1.90. The molecule has 6 heteroatoms. The molecule has 2 aromatic heterocycles. The molecule has 112 valence electrons. The molecule has 0 aliphatic heterocycles. The molecule has 3 rings (SSSR count). The van der Waals surface area contributed by atoms with E-state index >= 15 is 0 Å². The number of ether oxygens (including phenoxy) is 1. The van der Waals surface area contributed by atoms with Gasteiger partial charge in [0.1, 0.15) is 10.4 Å². The molecule has 0 spiro atoms. The Balaban J connectivity index is 1.98. The molecule has 22 heavy (non-hydrogen) atoms. The van der Waals surface area contributed by atoms with E-state index in [9.17, 15) is 9.59 Å². The van der Waals surface area contributed by atoms with Crippen molar-refractivity contribution in [1.82, 2.24) is 9.55 Å². The molecule has 0 fully saturated rings. The third-order valence-electron chi connectivity index (χ3n) is 3.41. The van der Waals surface area contributed by atoms with Gasteiger partial charge < -0.3 is 4.74 Å². The summed E-state index contributed by atoms with van der Waals surface area (Å²) in [7, 11) is 1.52. The lowest BCUT2D eigenvalue weighted by Gasteiger charge is -2.09. The van der Waals surface area contributed by atoms with Crippen LogP contribution in [0, 0.1) is 6.92 Å². The number of methoxy groups -OCH3 is 1. The second kappa shape index (κ2) is 5.73. The normalized spacial score (nSPS) is 10.8. The Morgan fingerprint density at radius 2 is 2.18 bits per heavy atom. The molecular weight excluding hydrogens is 300 g/mol. The zero-order chi connectivity index (χ0) is 15.7. The number of carbonyl (C=O) groups excluding carboxylic acids is 1. The van der Waals surface area contributed by atoms with Crippen molar-refractivity contribution in [1.29, 1.82) is 0 Å². The summed E-state index contributed by atoms with van der Waals surface area (Å²) < 4.78 is 7.12. The lowest BCUT2D eigenvalue weighted by atomic mass is 10.1. The molecule has 2 heterocycles. The highest BCUT2D eigenvalue weighted by atomic mass is 32.1. The number of thiophene rings is 1. The lowest BCUT2D eigenvalue weighted by Crippen LogP contribution is -2.24. The molecule has 0 saturated heterocycles. The monoisotopic (exact) mass is 314 g/mol. The Bertz CT molecular complexity index is 911. The fourth-order valence-corrected chi connectivity index (χ4v) is 3.06. The average molecular weight is 314 g/mol. The first-order valence-electron chi connectivity index (χ1n) is 6.70. The van der Waals surface area contributed by atoms with Crippen LogP contribution in [0.25, 0.3) is 10.2 Å². The van der Waals surface area contributed by atoms with E-state index in [1.54, 1.807) is 18.2 Å². The van der Waals surface area contributed by atoms with Crippen molar-refractivity contribution in [2.45, 2.75) is 13.5 Å². The van der Waals surface area contributed by atoms with Gasteiger partial charge in [0.05, 0.1) is 31.1 Å². The minimum Gasteiger partial charge on any atom is -0.496 e. The Hall–Kier alpha value is -2.47. The summed E-state index contributed by atoms with van der Waals surface area (Å²) in [6.45, 7) is 1.85. The van der Waals surface area contributed by atoms with Crippen molar-refractivity contribution in [3.8, 4) is 5.75 Å². The maximum Gasteiger partial charge on any atom is 0.271 e. The zero-order valence-corrected chi connectivity index (χ0v) is 13.0. The number of aryl methyl sites for hydroxylation is 1. The highest BCUT2D eigenvalue weighted by molar-refractivity contribution is 7.17. The van der Waals surface area contributed by atoms with Crippen molar-refractivity contribution in [2.24, 2.45) is 0 Å². The van der Waals surface area contributed by atoms with Crippen LogP contribution in [-0.4, -0.2) is 22.4 Å². The van der Waals surface area contributed by atoms with Gasteiger partial charge in [-0.2, -0.15) is 0 Å². The molecule has 0 unspecified atom stereocenters. The van der Waals surface area contributed by atoms with Gasteiger partial charge in [-0.1, -0.05) is 11.6 Å². The van der Waals surface area contributed by atoms with Gasteiger partial charge in [0.25, 0.3) is 5.56 Å². The van der Waals surface area contributed by atoms with Crippen molar-refractivity contribution >= 4 is 27.3 Å². The topological polar surface area (TPSA) is 61.2 Å². The van der Waals surface area contributed by atoms with E-state index in [0.717, 1.165) is 5.56 Å². The van der Waals surface area contributed by atoms with E-state index in [1.807, 2.05) is 18.4 Å². The molecule has 0 radical (unpaired) electrons. The van der Waals surface area contributed by atoms with E-state index in [4.69, 9.17) is 4.74 Å². The number of ketones is 1. The van der Waals surface area contributed by atoms with Crippen LogP contribution in [0.15, 0.2) is 40.8 Å². The zero-order valence-electron chi connectivity index (χ0n) is 12.2. The summed E-state index contributed by atoms with van der Waals surface area (Å²) >= 11 is 1.33. The fraction of sp³-hybridized carbons (Fsp3) is 0.188. The Kier molecular flexibility index (Phi) is 3.77. The van der Waals surface area contributed by atoms with Crippen molar-refractivity contribution in [3.05, 3.63) is 57.5 Å². The summed E-state index contributed by atoms with van der Waals surface area (Å²) in [6, 6.07) is 7.19. The van der Waals surface area contributed by atoms with Crippen molar-refractivity contribution < 1.29 is 9.53 Å². The minimum absolute atomic E-state index is 0.0561. The average Bonchev–Trinajstić information content (AvgIpc) is 2.99. The number of Topliss-reactive ketones (excluding diaryl/α,β-unsaturated/α-hetero) is 1. The second-order valence-electron chi connectivity index (χ2n) is 4.94. The second-order valence-corrected chi connectivity index (χ2v) is 5.86. The van der Waals surface area contributed by atoms with Gasteiger partial charge in [-0.15, -0.1) is 11.3 Å². The summed E-state index contributed by atoms with van der Waals surface area (Å²) in [6.07, 6.45) is 1.41. The molecule has 3 aromatic rings. The molecular formula is C16H14N2O3S. The Morgan fingerprint density at radius 3 is 2.95 bits per heavy atom. The fourth-order valence-electron chi connectivity index (χ4n) is 2.27. The first kappa shape index (κ1) is 14.5. The van der Waals surface area contributed by atoms with E-state index in [1.165, 1.54) is 29.3 Å². The molecule has 0 atom stereocenters. The van der Waals surface area contributed by atoms with Crippen LogP contribution >= 0.6 is 11.3 Å². The van der Waals surface area contributed by atoms with Gasteiger partial charge >= 0.3 is 0 Å². The van der Waals surface area contributed by atoms with E-state index < -0.39 is 0 Å². The van der Waals surface area contributed by atoms with E-state index in [2.05, 4.69) is 4.98 Å².